The lowest BCUT2D eigenvalue weighted by atomic mass is 10.2. The maximum absolute atomic E-state index is 13.4. The third kappa shape index (κ3) is 3.84. The minimum atomic E-state index is -0.257. The number of rotatable bonds is 3. The van der Waals surface area contributed by atoms with Crippen LogP contribution in [-0.4, -0.2) is 6.54 Å². The molecular formula is C16H14FNO. The Bertz CT molecular complexity index is 596. The van der Waals surface area contributed by atoms with E-state index in [2.05, 4.69) is 11.8 Å². The SMILES string of the molecule is NCC#Cc1ccc(OCc2ccccc2F)cc1. The molecule has 2 aromatic rings. The van der Waals surface area contributed by atoms with Gasteiger partial charge in [0.25, 0.3) is 0 Å². The Labute approximate surface area is 112 Å². The molecule has 0 aromatic heterocycles. The van der Waals surface area contributed by atoms with Gasteiger partial charge in [0.05, 0.1) is 6.54 Å². The van der Waals surface area contributed by atoms with Gasteiger partial charge < -0.3 is 10.5 Å². The van der Waals surface area contributed by atoms with Crippen LogP contribution in [0.25, 0.3) is 0 Å². The van der Waals surface area contributed by atoms with Crippen LogP contribution in [-0.2, 0) is 6.61 Å². The normalized spacial score (nSPS) is 9.58. The number of halogens is 1. The van der Waals surface area contributed by atoms with E-state index in [1.54, 1.807) is 30.3 Å². The quantitative estimate of drug-likeness (QED) is 0.856. The predicted molar refractivity (Wildman–Crippen MR) is 73.1 cm³/mol. The van der Waals surface area contributed by atoms with Gasteiger partial charge in [0.1, 0.15) is 18.2 Å². The van der Waals surface area contributed by atoms with E-state index < -0.39 is 0 Å². The average Bonchev–Trinajstić information content (AvgIpc) is 2.45. The van der Waals surface area contributed by atoms with E-state index >= 15 is 0 Å². The smallest absolute Gasteiger partial charge is 0.129 e. The molecule has 0 amide bonds. The largest absolute Gasteiger partial charge is 0.489 e. The van der Waals surface area contributed by atoms with Crippen molar-refractivity contribution >= 4 is 0 Å². The molecule has 2 aromatic carbocycles. The lowest BCUT2D eigenvalue weighted by Crippen LogP contribution is -1.98. The molecule has 0 unspecified atom stereocenters. The first kappa shape index (κ1) is 13.1. The van der Waals surface area contributed by atoms with Crippen molar-refractivity contribution in [2.75, 3.05) is 6.54 Å². The number of hydrogen-bond acceptors (Lipinski definition) is 2. The first-order chi connectivity index (χ1) is 9.29. The molecule has 0 saturated carbocycles. The van der Waals surface area contributed by atoms with Crippen LogP contribution in [0.3, 0.4) is 0 Å². The molecule has 0 heterocycles. The average molecular weight is 255 g/mol. The highest BCUT2D eigenvalue weighted by atomic mass is 19.1. The van der Waals surface area contributed by atoms with Gasteiger partial charge in [-0.1, -0.05) is 30.0 Å². The van der Waals surface area contributed by atoms with E-state index in [0.29, 0.717) is 17.9 Å². The molecule has 3 heteroatoms. The third-order valence-electron chi connectivity index (χ3n) is 2.54. The second kappa shape index (κ2) is 6.58. The van der Waals surface area contributed by atoms with E-state index in [1.165, 1.54) is 6.07 Å². The molecule has 0 radical (unpaired) electrons. The van der Waals surface area contributed by atoms with Gasteiger partial charge in [-0.05, 0) is 30.3 Å². The highest BCUT2D eigenvalue weighted by molar-refractivity contribution is 5.38. The van der Waals surface area contributed by atoms with Gasteiger partial charge in [-0.2, -0.15) is 0 Å². The molecule has 0 saturated heterocycles. The zero-order valence-corrected chi connectivity index (χ0v) is 10.4. The molecule has 0 atom stereocenters. The molecule has 0 bridgehead atoms. The summed E-state index contributed by atoms with van der Waals surface area (Å²) < 4.78 is 18.9. The fourth-order valence-electron chi connectivity index (χ4n) is 1.56. The topological polar surface area (TPSA) is 35.2 Å². The summed E-state index contributed by atoms with van der Waals surface area (Å²) in [6, 6.07) is 13.9. The second-order valence-electron chi connectivity index (χ2n) is 3.91. The molecule has 19 heavy (non-hydrogen) atoms. The molecule has 2 N–H and O–H groups in total. The molecule has 2 nitrogen and oxygen atoms in total. The zero-order valence-electron chi connectivity index (χ0n) is 10.4. The lowest BCUT2D eigenvalue weighted by molar-refractivity contribution is 0.300. The van der Waals surface area contributed by atoms with E-state index in [9.17, 15) is 4.39 Å². The van der Waals surface area contributed by atoms with Crippen molar-refractivity contribution in [1.82, 2.24) is 0 Å². The maximum Gasteiger partial charge on any atom is 0.129 e. The Morgan fingerprint density at radius 3 is 2.47 bits per heavy atom. The fraction of sp³-hybridized carbons (Fsp3) is 0.125. The van der Waals surface area contributed by atoms with Crippen LogP contribution in [0.2, 0.25) is 0 Å². The molecule has 0 spiro atoms. The van der Waals surface area contributed by atoms with Crippen LogP contribution in [0, 0.1) is 17.7 Å². The van der Waals surface area contributed by atoms with Crippen LogP contribution < -0.4 is 10.5 Å². The molecule has 2 rings (SSSR count). The van der Waals surface area contributed by atoms with Gasteiger partial charge >= 0.3 is 0 Å². The van der Waals surface area contributed by atoms with Crippen molar-refractivity contribution in [2.45, 2.75) is 6.61 Å². The van der Waals surface area contributed by atoms with Crippen molar-refractivity contribution in [2.24, 2.45) is 5.73 Å². The standard InChI is InChI=1S/C16H14FNO/c17-16-6-2-1-5-14(16)12-19-15-9-7-13(8-10-15)4-3-11-18/h1-2,5-10H,11-12,18H2. The Morgan fingerprint density at radius 1 is 1.05 bits per heavy atom. The van der Waals surface area contributed by atoms with Crippen LogP contribution in [0.15, 0.2) is 48.5 Å². The number of nitrogens with two attached hydrogens (primary N) is 1. The Hall–Kier alpha value is -2.31. The summed E-state index contributed by atoms with van der Waals surface area (Å²) in [5.41, 5.74) is 6.71. The molecule has 96 valence electrons. The fourth-order valence-corrected chi connectivity index (χ4v) is 1.56. The van der Waals surface area contributed by atoms with Gasteiger partial charge in [-0.25, -0.2) is 4.39 Å². The summed E-state index contributed by atoms with van der Waals surface area (Å²) in [4.78, 5) is 0. The predicted octanol–water partition coefficient (Wildman–Crippen LogP) is 2.71. The van der Waals surface area contributed by atoms with Gasteiger partial charge in [0.2, 0.25) is 0 Å². The Balaban J connectivity index is 1.99. The van der Waals surface area contributed by atoms with Crippen LogP contribution in [0.1, 0.15) is 11.1 Å². The Kier molecular flexibility index (Phi) is 4.54. The molecule has 0 aliphatic rings. The third-order valence-corrected chi connectivity index (χ3v) is 2.54. The number of ether oxygens (including phenoxy) is 1. The van der Waals surface area contributed by atoms with E-state index in [1.807, 2.05) is 12.1 Å². The van der Waals surface area contributed by atoms with Gasteiger partial charge in [0, 0.05) is 11.1 Å². The lowest BCUT2D eigenvalue weighted by Gasteiger charge is -2.06. The van der Waals surface area contributed by atoms with Crippen molar-refractivity contribution in [3.8, 4) is 17.6 Å². The maximum atomic E-state index is 13.4. The van der Waals surface area contributed by atoms with Crippen LogP contribution in [0.4, 0.5) is 4.39 Å². The van der Waals surface area contributed by atoms with E-state index in [0.717, 1.165) is 5.56 Å². The van der Waals surface area contributed by atoms with Crippen molar-refractivity contribution in [3.05, 3.63) is 65.5 Å². The van der Waals surface area contributed by atoms with E-state index in [4.69, 9.17) is 10.5 Å². The second-order valence-corrected chi connectivity index (χ2v) is 3.91. The molecular weight excluding hydrogens is 241 g/mol. The molecule has 0 fully saturated rings. The first-order valence-electron chi connectivity index (χ1n) is 5.95. The van der Waals surface area contributed by atoms with Crippen LogP contribution in [0.5, 0.6) is 5.75 Å². The van der Waals surface area contributed by atoms with Crippen molar-refractivity contribution < 1.29 is 9.13 Å². The van der Waals surface area contributed by atoms with Crippen molar-refractivity contribution in [1.29, 1.82) is 0 Å². The summed E-state index contributed by atoms with van der Waals surface area (Å²) >= 11 is 0. The summed E-state index contributed by atoms with van der Waals surface area (Å²) in [5.74, 6) is 6.13. The summed E-state index contributed by atoms with van der Waals surface area (Å²) in [6.07, 6.45) is 0. The summed E-state index contributed by atoms with van der Waals surface area (Å²) in [7, 11) is 0. The highest BCUT2D eigenvalue weighted by Crippen LogP contribution is 2.15. The van der Waals surface area contributed by atoms with Gasteiger partial charge in [-0.3, -0.25) is 0 Å². The minimum absolute atomic E-state index is 0.209. The first-order valence-corrected chi connectivity index (χ1v) is 5.95. The van der Waals surface area contributed by atoms with Crippen LogP contribution >= 0.6 is 0 Å². The minimum Gasteiger partial charge on any atom is -0.489 e. The Morgan fingerprint density at radius 2 is 1.79 bits per heavy atom. The van der Waals surface area contributed by atoms with E-state index in [-0.39, 0.29) is 12.4 Å². The monoisotopic (exact) mass is 255 g/mol. The molecule has 0 aliphatic carbocycles. The van der Waals surface area contributed by atoms with Gasteiger partial charge in [0.15, 0.2) is 0 Å². The van der Waals surface area contributed by atoms with Crippen molar-refractivity contribution in [3.63, 3.8) is 0 Å². The summed E-state index contributed by atoms with van der Waals surface area (Å²) in [6.45, 7) is 0.548. The summed E-state index contributed by atoms with van der Waals surface area (Å²) in [5, 5.41) is 0. The number of benzene rings is 2. The highest BCUT2D eigenvalue weighted by Gasteiger charge is 2.01. The molecule has 0 aliphatic heterocycles. The number of hydrogen-bond donors (Lipinski definition) is 1. The zero-order chi connectivity index (χ0) is 13.5. The van der Waals surface area contributed by atoms with Gasteiger partial charge in [-0.15, -0.1) is 0 Å².